The van der Waals surface area contributed by atoms with Crippen LogP contribution in [0.15, 0.2) is 29.2 Å². The Balaban J connectivity index is 1.93. The van der Waals surface area contributed by atoms with Crippen molar-refractivity contribution in [1.82, 2.24) is 5.32 Å². The number of benzene rings is 1. The molecular formula is C13H16F2N2O2S. The first kappa shape index (κ1) is 15.2. The Labute approximate surface area is 120 Å². The summed E-state index contributed by atoms with van der Waals surface area (Å²) in [4.78, 5) is 12.3. The number of alkyl halides is 2. The average Bonchev–Trinajstić information content (AvgIpc) is 2.41. The van der Waals surface area contributed by atoms with Crippen LogP contribution in [0, 0.1) is 0 Å². The monoisotopic (exact) mass is 302 g/mol. The Kier molecular flexibility index (Phi) is 5.75. The van der Waals surface area contributed by atoms with Crippen LogP contribution in [0.5, 0.6) is 0 Å². The second-order valence-electron chi connectivity index (χ2n) is 4.35. The van der Waals surface area contributed by atoms with E-state index < -0.39 is 5.76 Å². The highest BCUT2D eigenvalue weighted by molar-refractivity contribution is 7.99. The van der Waals surface area contributed by atoms with E-state index in [1.165, 1.54) is 0 Å². The number of hydrogen-bond donors (Lipinski definition) is 2. The van der Waals surface area contributed by atoms with Crippen molar-refractivity contribution in [3.05, 3.63) is 24.3 Å². The number of halogens is 2. The second-order valence-corrected chi connectivity index (χ2v) is 5.38. The highest BCUT2D eigenvalue weighted by Gasteiger charge is 2.18. The molecule has 1 fully saturated rings. The molecule has 0 aliphatic carbocycles. The van der Waals surface area contributed by atoms with Gasteiger partial charge in [0.15, 0.2) is 0 Å². The molecule has 7 heteroatoms. The van der Waals surface area contributed by atoms with Crippen molar-refractivity contribution in [2.75, 3.05) is 25.1 Å². The van der Waals surface area contributed by atoms with Gasteiger partial charge in [-0.3, -0.25) is 4.79 Å². The van der Waals surface area contributed by atoms with Crippen LogP contribution < -0.4 is 10.6 Å². The smallest absolute Gasteiger partial charge is 0.288 e. The molecule has 2 rings (SSSR count). The molecule has 20 heavy (non-hydrogen) atoms. The maximum atomic E-state index is 12.4. The summed E-state index contributed by atoms with van der Waals surface area (Å²) in [5.41, 5.74) is 0.416. The summed E-state index contributed by atoms with van der Waals surface area (Å²) in [5.74, 6) is -2.73. The van der Waals surface area contributed by atoms with E-state index in [0.29, 0.717) is 35.6 Å². The third-order valence-corrected chi connectivity index (χ3v) is 3.60. The fourth-order valence-electron chi connectivity index (χ4n) is 1.94. The van der Waals surface area contributed by atoms with Gasteiger partial charge in [-0.25, -0.2) is 0 Å². The number of anilines is 1. The number of carbonyl (C=O) groups excluding carboxylic acids is 1. The molecular weight excluding hydrogens is 286 g/mol. The molecule has 1 aliphatic rings. The van der Waals surface area contributed by atoms with Crippen molar-refractivity contribution < 1.29 is 18.3 Å². The summed E-state index contributed by atoms with van der Waals surface area (Å²) >= 11 is 0.425. The minimum absolute atomic E-state index is 0.0290. The van der Waals surface area contributed by atoms with Gasteiger partial charge >= 0.3 is 0 Å². The van der Waals surface area contributed by atoms with Crippen molar-refractivity contribution in [3.8, 4) is 0 Å². The Morgan fingerprint density at radius 2 is 2.30 bits per heavy atom. The molecule has 0 radical (unpaired) electrons. The summed E-state index contributed by atoms with van der Waals surface area (Å²) < 4.78 is 30.1. The molecule has 2 N–H and O–H groups in total. The van der Waals surface area contributed by atoms with Crippen molar-refractivity contribution in [1.29, 1.82) is 0 Å². The van der Waals surface area contributed by atoms with Gasteiger partial charge in [-0.2, -0.15) is 8.78 Å². The number of thioether (sulfide) groups is 1. The highest BCUT2D eigenvalue weighted by Crippen LogP contribution is 2.31. The van der Waals surface area contributed by atoms with E-state index in [1.54, 1.807) is 24.3 Å². The minimum atomic E-state index is -2.51. The third kappa shape index (κ3) is 4.73. The van der Waals surface area contributed by atoms with Crippen molar-refractivity contribution in [2.45, 2.75) is 23.1 Å². The van der Waals surface area contributed by atoms with Crippen LogP contribution in [0.4, 0.5) is 14.5 Å². The number of hydrogen-bond acceptors (Lipinski definition) is 4. The molecule has 1 aliphatic heterocycles. The molecule has 0 saturated carbocycles. The van der Waals surface area contributed by atoms with Gasteiger partial charge in [-0.05, 0) is 12.1 Å². The first-order chi connectivity index (χ1) is 9.65. The Morgan fingerprint density at radius 1 is 1.50 bits per heavy atom. The molecule has 0 bridgehead atoms. The summed E-state index contributed by atoms with van der Waals surface area (Å²) in [6.45, 7) is 1.85. The van der Waals surface area contributed by atoms with Crippen LogP contribution in [0.2, 0.25) is 0 Å². The fourth-order valence-corrected chi connectivity index (χ4v) is 2.54. The normalized spacial score (nSPS) is 19.1. The largest absolute Gasteiger partial charge is 0.378 e. The van der Waals surface area contributed by atoms with Crippen molar-refractivity contribution >= 4 is 23.4 Å². The Morgan fingerprint density at radius 3 is 3.00 bits per heavy atom. The first-order valence-electron chi connectivity index (χ1n) is 6.30. The number of morpholine rings is 1. The maximum Gasteiger partial charge on any atom is 0.288 e. The molecule has 1 aromatic rings. The highest BCUT2D eigenvalue weighted by atomic mass is 32.2. The van der Waals surface area contributed by atoms with Gasteiger partial charge in [0, 0.05) is 23.9 Å². The predicted molar refractivity (Wildman–Crippen MR) is 74.2 cm³/mol. The van der Waals surface area contributed by atoms with E-state index in [9.17, 15) is 13.6 Å². The lowest BCUT2D eigenvalue weighted by Gasteiger charge is -2.23. The van der Waals surface area contributed by atoms with Crippen LogP contribution in [-0.4, -0.2) is 37.5 Å². The number of para-hydroxylation sites is 1. The summed E-state index contributed by atoms with van der Waals surface area (Å²) in [6, 6.07) is 6.52. The number of amides is 1. The van der Waals surface area contributed by atoms with Crippen LogP contribution in [0.1, 0.15) is 6.42 Å². The summed E-state index contributed by atoms with van der Waals surface area (Å²) in [5, 5.41) is 5.85. The Hall–Kier alpha value is -1.18. The van der Waals surface area contributed by atoms with E-state index in [2.05, 4.69) is 10.6 Å². The zero-order chi connectivity index (χ0) is 14.4. The molecule has 1 aromatic carbocycles. The lowest BCUT2D eigenvalue weighted by molar-refractivity contribution is -0.117. The number of ether oxygens (including phenoxy) is 1. The zero-order valence-electron chi connectivity index (χ0n) is 10.8. The maximum absolute atomic E-state index is 12.4. The van der Waals surface area contributed by atoms with Crippen molar-refractivity contribution in [2.24, 2.45) is 0 Å². The number of rotatable bonds is 5. The number of carbonyl (C=O) groups is 1. The lowest BCUT2D eigenvalue weighted by Crippen LogP contribution is -2.43. The van der Waals surface area contributed by atoms with E-state index in [0.717, 1.165) is 6.54 Å². The van der Waals surface area contributed by atoms with E-state index in [-0.39, 0.29) is 18.4 Å². The van der Waals surface area contributed by atoms with E-state index >= 15 is 0 Å². The van der Waals surface area contributed by atoms with Gasteiger partial charge in [-0.1, -0.05) is 23.9 Å². The Bertz CT molecular complexity index is 454. The molecule has 1 amide bonds. The third-order valence-electron chi connectivity index (χ3n) is 2.81. The second kappa shape index (κ2) is 7.56. The fraction of sp³-hybridized carbons (Fsp3) is 0.462. The molecule has 0 spiro atoms. The molecule has 4 nitrogen and oxygen atoms in total. The van der Waals surface area contributed by atoms with Crippen LogP contribution in [0.25, 0.3) is 0 Å². The van der Waals surface area contributed by atoms with Gasteiger partial charge in [0.1, 0.15) is 0 Å². The molecule has 1 unspecified atom stereocenters. The quantitative estimate of drug-likeness (QED) is 0.820. The van der Waals surface area contributed by atoms with Crippen LogP contribution >= 0.6 is 11.8 Å². The van der Waals surface area contributed by atoms with E-state index in [4.69, 9.17) is 4.74 Å². The SMILES string of the molecule is O=C(CC1COCCN1)Nc1ccccc1SC(F)F. The van der Waals surface area contributed by atoms with Crippen LogP contribution in [0.3, 0.4) is 0 Å². The van der Waals surface area contributed by atoms with Crippen molar-refractivity contribution in [3.63, 3.8) is 0 Å². The van der Waals surface area contributed by atoms with Gasteiger partial charge in [0.25, 0.3) is 5.76 Å². The summed E-state index contributed by atoms with van der Waals surface area (Å²) in [7, 11) is 0. The lowest BCUT2D eigenvalue weighted by atomic mass is 10.2. The first-order valence-corrected chi connectivity index (χ1v) is 7.18. The molecule has 0 aromatic heterocycles. The topological polar surface area (TPSA) is 50.4 Å². The standard InChI is InChI=1S/C13H16F2N2O2S/c14-13(15)20-11-4-2-1-3-10(11)17-12(18)7-9-8-19-6-5-16-9/h1-4,9,13,16H,5-8H2,(H,17,18). The molecule has 1 atom stereocenters. The zero-order valence-corrected chi connectivity index (χ0v) is 11.6. The molecule has 1 heterocycles. The van der Waals surface area contributed by atoms with Crippen LogP contribution in [-0.2, 0) is 9.53 Å². The summed E-state index contributed by atoms with van der Waals surface area (Å²) in [6.07, 6.45) is 0.258. The minimum Gasteiger partial charge on any atom is -0.378 e. The van der Waals surface area contributed by atoms with E-state index in [1.807, 2.05) is 0 Å². The molecule has 110 valence electrons. The number of nitrogens with one attached hydrogen (secondary N) is 2. The van der Waals surface area contributed by atoms with Gasteiger partial charge < -0.3 is 15.4 Å². The van der Waals surface area contributed by atoms with Gasteiger partial charge in [0.05, 0.1) is 18.9 Å². The van der Waals surface area contributed by atoms with Gasteiger partial charge in [-0.15, -0.1) is 0 Å². The molecule has 1 saturated heterocycles. The average molecular weight is 302 g/mol. The van der Waals surface area contributed by atoms with Gasteiger partial charge in [0.2, 0.25) is 5.91 Å². The predicted octanol–water partition coefficient (Wildman–Crippen LogP) is 2.32.